The third kappa shape index (κ3) is 2.11. The molecule has 0 saturated carbocycles. The molecule has 0 amide bonds. The van der Waals surface area contributed by atoms with Gasteiger partial charge in [-0.15, -0.1) is 0 Å². The highest BCUT2D eigenvalue weighted by molar-refractivity contribution is 5.82. The highest BCUT2D eigenvalue weighted by Crippen LogP contribution is 2.31. The Balaban J connectivity index is 2.35. The minimum absolute atomic E-state index is 0.0991. The lowest BCUT2D eigenvalue weighted by Crippen LogP contribution is -2.14. The van der Waals surface area contributed by atoms with E-state index in [1.807, 2.05) is 39.0 Å². The molecular weight excluding hydrogens is 266 g/mol. The second-order valence-corrected chi connectivity index (χ2v) is 5.19. The van der Waals surface area contributed by atoms with Crippen LogP contribution in [0.2, 0.25) is 0 Å². The summed E-state index contributed by atoms with van der Waals surface area (Å²) in [5, 5.41) is 3.09. The Morgan fingerprint density at radius 2 is 1.95 bits per heavy atom. The van der Waals surface area contributed by atoms with E-state index in [4.69, 9.17) is 4.74 Å². The topological polar surface area (TPSA) is 59.4 Å². The summed E-state index contributed by atoms with van der Waals surface area (Å²) in [5.41, 5.74) is 5.27. The summed E-state index contributed by atoms with van der Waals surface area (Å²) in [6.07, 6.45) is 0. The van der Waals surface area contributed by atoms with E-state index in [1.165, 1.54) is 10.6 Å². The van der Waals surface area contributed by atoms with Crippen molar-refractivity contribution in [2.75, 3.05) is 7.11 Å². The summed E-state index contributed by atoms with van der Waals surface area (Å²) in [6.45, 7) is 5.80. The van der Waals surface area contributed by atoms with Crippen LogP contribution in [0.5, 0.6) is 5.75 Å². The van der Waals surface area contributed by atoms with E-state index >= 15 is 0 Å². The number of fused-ring (bicyclic) bond motifs is 1. The van der Waals surface area contributed by atoms with E-state index in [0.29, 0.717) is 11.3 Å². The maximum atomic E-state index is 12.1. The Kier molecular flexibility index (Phi) is 3.05. The standard InChI is InChI=1S/C16H17N3O2/c1-9-7-12(21-4)5-6-13(9)15-11(3)18-19-14(20)8-10(2)17-16(15)19/h5-8,18H,1-4H3. The maximum absolute atomic E-state index is 12.1. The van der Waals surface area contributed by atoms with E-state index < -0.39 is 0 Å². The van der Waals surface area contributed by atoms with Crippen molar-refractivity contribution < 1.29 is 4.74 Å². The summed E-state index contributed by atoms with van der Waals surface area (Å²) < 4.78 is 6.73. The molecule has 2 aromatic heterocycles. The number of aryl methyl sites for hydroxylation is 3. The molecule has 2 heterocycles. The molecular formula is C16H17N3O2. The van der Waals surface area contributed by atoms with Gasteiger partial charge in [-0.05, 0) is 44.0 Å². The lowest BCUT2D eigenvalue weighted by molar-refractivity contribution is 0.414. The van der Waals surface area contributed by atoms with Gasteiger partial charge in [0.25, 0.3) is 5.56 Å². The first-order chi connectivity index (χ1) is 10.0. The fourth-order valence-electron chi connectivity index (χ4n) is 2.63. The van der Waals surface area contributed by atoms with Crippen LogP contribution in [0.15, 0.2) is 29.1 Å². The number of rotatable bonds is 2. The van der Waals surface area contributed by atoms with Gasteiger partial charge < -0.3 is 4.74 Å². The van der Waals surface area contributed by atoms with Crippen molar-refractivity contribution in [3.05, 3.63) is 51.6 Å². The van der Waals surface area contributed by atoms with Crippen LogP contribution in [0.1, 0.15) is 17.0 Å². The second-order valence-electron chi connectivity index (χ2n) is 5.19. The van der Waals surface area contributed by atoms with Crippen LogP contribution < -0.4 is 10.3 Å². The molecule has 3 aromatic rings. The first-order valence-electron chi connectivity index (χ1n) is 6.75. The van der Waals surface area contributed by atoms with Crippen LogP contribution in [0.3, 0.4) is 0 Å². The van der Waals surface area contributed by atoms with Gasteiger partial charge in [-0.1, -0.05) is 6.07 Å². The van der Waals surface area contributed by atoms with Gasteiger partial charge in [-0.2, -0.15) is 0 Å². The van der Waals surface area contributed by atoms with Crippen LogP contribution in [-0.4, -0.2) is 21.7 Å². The van der Waals surface area contributed by atoms with E-state index in [9.17, 15) is 4.79 Å². The Hall–Kier alpha value is -2.56. The van der Waals surface area contributed by atoms with E-state index in [0.717, 1.165) is 28.1 Å². The molecule has 1 aromatic carbocycles. The van der Waals surface area contributed by atoms with Crippen molar-refractivity contribution in [1.29, 1.82) is 0 Å². The molecule has 0 bridgehead atoms. The third-order valence-electron chi connectivity index (χ3n) is 3.63. The molecule has 5 nitrogen and oxygen atoms in total. The molecule has 108 valence electrons. The predicted octanol–water partition coefficient (Wildman–Crippen LogP) is 2.62. The molecule has 0 atom stereocenters. The molecule has 5 heteroatoms. The lowest BCUT2D eigenvalue weighted by atomic mass is 10.0. The van der Waals surface area contributed by atoms with Crippen molar-refractivity contribution in [3.63, 3.8) is 0 Å². The second kappa shape index (κ2) is 4.77. The Morgan fingerprint density at radius 3 is 2.62 bits per heavy atom. The average Bonchev–Trinajstić information content (AvgIpc) is 2.75. The molecule has 21 heavy (non-hydrogen) atoms. The minimum atomic E-state index is -0.0991. The molecule has 0 aliphatic heterocycles. The molecule has 0 aliphatic carbocycles. The molecule has 0 aliphatic rings. The van der Waals surface area contributed by atoms with Crippen molar-refractivity contribution >= 4 is 5.65 Å². The zero-order chi connectivity index (χ0) is 15.1. The van der Waals surface area contributed by atoms with E-state index in [1.54, 1.807) is 7.11 Å². The fraction of sp³-hybridized carbons (Fsp3) is 0.250. The average molecular weight is 283 g/mol. The number of ether oxygens (including phenoxy) is 1. The van der Waals surface area contributed by atoms with Gasteiger partial charge in [0.05, 0.1) is 7.11 Å². The molecule has 0 radical (unpaired) electrons. The summed E-state index contributed by atoms with van der Waals surface area (Å²) in [7, 11) is 1.65. The van der Waals surface area contributed by atoms with Gasteiger partial charge in [0.1, 0.15) is 5.75 Å². The number of H-pyrrole nitrogens is 1. The van der Waals surface area contributed by atoms with Gasteiger partial charge in [-0.3, -0.25) is 9.89 Å². The quantitative estimate of drug-likeness (QED) is 0.786. The van der Waals surface area contributed by atoms with Crippen LogP contribution in [0.4, 0.5) is 0 Å². The van der Waals surface area contributed by atoms with E-state index in [2.05, 4.69) is 10.1 Å². The first-order valence-corrected chi connectivity index (χ1v) is 6.75. The summed E-state index contributed by atoms with van der Waals surface area (Å²) >= 11 is 0. The van der Waals surface area contributed by atoms with Crippen LogP contribution in [0, 0.1) is 20.8 Å². The Morgan fingerprint density at radius 1 is 1.19 bits per heavy atom. The van der Waals surface area contributed by atoms with Crippen molar-refractivity contribution in [2.45, 2.75) is 20.8 Å². The smallest absolute Gasteiger partial charge is 0.272 e. The Bertz CT molecular complexity index is 890. The first kappa shape index (κ1) is 13.4. The fourth-order valence-corrected chi connectivity index (χ4v) is 2.63. The largest absolute Gasteiger partial charge is 0.497 e. The van der Waals surface area contributed by atoms with Gasteiger partial charge in [0.2, 0.25) is 0 Å². The number of hydrogen-bond donors (Lipinski definition) is 1. The van der Waals surface area contributed by atoms with Gasteiger partial charge in [0, 0.05) is 23.0 Å². The molecule has 0 spiro atoms. The SMILES string of the molecule is COc1ccc(-c2c(C)[nH]n3c(=O)cc(C)nc23)c(C)c1. The highest BCUT2D eigenvalue weighted by Gasteiger charge is 2.15. The maximum Gasteiger partial charge on any atom is 0.272 e. The Labute approximate surface area is 122 Å². The van der Waals surface area contributed by atoms with Crippen molar-refractivity contribution in [3.8, 4) is 16.9 Å². The number of hydrogen-bond acceptors (Lipinski definition) is 3. The van der Waals surface area contributed by atoms with E-state index in [-0.39, 0.29) is 5.56 Å². The third-order valence-corrected chi connectivity index (χ3v) is 3.63. The van der Waals surface area contributed by atoms with Crippen LogP contribution >= 0.6 is 0 Å². The normalized spacial score (nSPS) is 11.0. The summed E-state index contributed by atoms with van der Waals surface area (Å²) in [5.74, 6) is 0.815. The molecule has 3 rings (SSSR count). The highest BCUT2D eigenvalue weighted by atomic mass is 16.5. The number of benzene rings is 1. The number of aromatic amines is 1. The summed E-state index contributed by atoms with van der Waals surface area (Å²) in [4.78, 5) is 16.6. The number of aromatic nitrogens is 3. The molecule has 0 unspecified atom stereocenters. The van der Waals surface area contributed by atoms with Crippen LogP contribution in [-0.2, 0) is 0 Å². The van der Waals surface area contributed by atoms with Gasteiger partial charge >= 0.3 is 0 Å². The predicted molar refractivity (Wildman–Crippen MR) is 82.0 cm³/mol. The zero-order valence-corrected chi connectivity index (χ0v) is 12.5. The minimum Gasteiger partial charge on any atom is -0.497 e. The number of nitrogens with zero attached hydrogens (tertiary/aromatic N) is 2. The lowest BCUT2D eigenvalue weighted by Gasteiger charge is -2.08. The monoisotopic (exact) mass is 283 g/mol. The van der Waals surface area contributed by atoms with Gasteiger partial charge in [-0.25, -0.2) is 9.50 Å². The number of nitrogens with one attached hydrogen (secondary N) is 1. The molecule has 0 saturated heterocycles. The van der Waals surface area contributed by atoms with Crippen LogP contribution in [0.25, 0.3) is 16.8 Å². The molecule has 0 fully saturated rings. The van der Waals surface area contributed by atoms with Crippen molar-refractivity contribution in [1.82, 2.24) is 14.6 Å². The number of methoxy groups -OCH3 is 1. The van der Waals surface area contributed by atoms with Gasteiger partial charge in [0.15, 0.2) is 5.65 Å². The molecule has 1 N–H and O–H groups in total. The summed E-state index contributed by atoms with van der Waals surface area (Å²) in [6, 6.07) is 7.41. The zero-order valence-electron chi connectivity index (χ0n) is 12.5. The van der Waals surface area contributed by atoms with Crippen molar-refractivity contribution in [2.24, 2.45) is 0 Å².